The summed E-state index contributed by atoms with van der Waals surface area (Å²) in [5.41, 5.74) is 3.39. The fraction of sp³-hybridized carbons (Fsp3) is 0.455. The Morgan fingerprint density at radius 3 is 2.52 bits per heavy atom. The van der Waals surface area contributed by atoms with Crippen molar-refractivity contribution in [3.8, 4) is 5.75 Å². The van der Waals surface area contributed by atoms with Crippen LogP contribution in [0.5, 0.6) is 5.75 Å². The van der Waals surface area contributed by atoms with Crippen molar-refractivity contribution in [3.63, 3.8) is 0 Å². The van der Waals surface area contributed by atoms with Crippen molar-refractivity contribution in [2.24, 2.45) is 5.92 Å². The van der Waals surface area contributed by atoms with E-state index < -0.39 is 0 Å². The zero-order chi connectivity index (χ0) is 18.8. The minimum Gasteiger partial charge on any atom is -0.487 e. The van der Waals surface area contributed by atoms with Gasteiger partial charge < -0.3 is 15.0 Å². The van der Waals surface area contributed by atoms with Gasteiger partial charge in [0.25, 0.3) is 0 Å². The number of fused-ring (bicyclic) bond motifs is 3. The molecule has 0 radical (unpaired) electrons. The smallest absolute Gasteiger partial charge is 0.142 e. The number of nitrogens with zero attached hydrogens (tertiary/aromatic N) is 1. The Balaban J connectivity index is 1.45. The van der Waals surface area contributed by atoms with Gasteiger partial charge in [0, 0.05) is 29.7 Å². The van der Waals surface area contributed by atoms with E-state index in [0.717, 1.165) is 35.9 Å². The maximum Gasteiger partial charge on any atom is 0.142 e. The van der Waals surface area contributed by atoms with Crippen LogP contribution in [-0.2, 0) is 13.2 Å². The highest BCUT2D eigenvalue weighted by Crippen LogP contribution is 2.34. The molecule has 5 heteroatoms. The number of benzene rings is 2. The van der Waals surface area contributed by atoms with Gasteiger partial charge in [-0.2, -0.15) is 0 Å². The molecule has 2 aromatic carbocycles. The van der Waals surface area contributed by atoms with E-state index in [4.69, 9.17) is 27.9 Å². The third-order valence-corrected chi connectivity index (χ3v) is 6.30. The van der Waals surface area contributed by atoms with Crippen molar-refractivity contribution in [2.75, 3.05) is 19.6 Å². The molecule has 0 spiro atoms. The highest BCUT2D eigenvalue weighted by Gasteiger charge is 2.33. The van der Waals surface area contributed by atoms with Gasteiger partial charge in [-0.3, -0.25) is 0 Å². The predicted molar refractivity (Wildman–Crippen MR) is 112 cm³/mol. The molecule has 2 bridgehead atoms. The zero-order valence-corrected chi connectivity index (χ0v) is 17.2. The van der Waals surface area contributed by atoms with Gasteiger partial charge in [-0.25, -0.2) is 0 Å². The molecule has 3 nitrogen and oxygen atoms in total. The monoisotopic (exact) mass is 404 g/mol. The Hall–Kier alpha value is -1.26. The molecule has 3 saturated heterocycles. The third-order valence-electron chi connectivity index (χ3n) is 5.80. The van der Waals surface area contributed by atoms with Crippen LogP contribution in [0.25, 0.3) is 0 Å². The van der Waals surface area contributed by atoms with Crippen LogP contribution in [0.1, 0.15) is 29.5 Å². The first kappa shape index (κ1) is 19.1. The van der Waals surface area contributed by atoms with Gasteiger partial charge in [0.2, 0.25) is 0 Å². The summed E-state index contributed by atoms with van der Waals surface area (Å²) in [5, 5.41) is 4.95. The van der Waals surface area contributed by atoms with Crippen LogP contribution in [0, 0.1) is 12.8 Å². The molecule has 2 aromatic rings. The molecule has 0 amide bonds. The van der Waals surface area contributed by atoms with Crippen molar-refractivity contribution in [3.05, 3.63) is 63.1 Å². The molecule has 3 aliphatic heterocycles. The summed E-state index contributed by atoms with van der Waals surface area (Å²) >= 11 is 12.7. The predicted octanol–water partition coefficient (Wildman–Crippen LogP) is 5.06. The summed E-state index contributed by atoms with van der Waals surface area (Å²) in [6.45, 7) is 6.93. The van der Waals surface area contributed by atoms with E-state index in [9.17, 15) is 0 Å². The van der Waals surface area contributed by atoms with Crippen LogP contribution in [-0.4, -0.2) is 30.6 Å². The Morgan fingerprint density at radius 2 is 1.85 bits per heavy atom. The molecule has 1 unspecified atom stereocenters. The van der Waals surface area contributed by atoms with E-state index in [1.807, 2.05) is 6.07 Å². The minimum atomic E-state index is 0.495. The quantitative estimate of drug-likeness (QED) is 0.727. The van der Waals surface area contributed by atoms with Gasteiger partial charge in [0.15, 0.2) is 0 Å². The molecule has 1 atom stereocenters. The Bertz CT molecular complexity index is 786. The first-order valence-electron chi connectivity index (χ1n) is 9.70. The van der Waals surface area contributed by atoms with Crippen molar-refractivity contribution in [1.82, 2.24) is 10.2 Å². The number of piperidine rings is 3. The summed E-state index contributed by atoms with van der Waals surface area (Å²) in [6.07, 6.45) is 2.59. The molecule has 3 fully saturated rings. The van der Waals surface area contributed by atoms with E-state index in [1.54, 1.807) is 6.07 Å². The lowest BCUT2D eigenvalue weighted by Gasteiger charge is -2.45. The van der Waals surface area contributed by atoms with Crippen molar-refractivity contribution < 1.29 is 4.74 Å². The molecule has 3 heterocycles. The van der Waals surface area contributed by atoms with Gasteiger partial charge >= 0.3 is 0 Å². The Morgan fingerprint density at radius 1 is 1.11 bits per heavy atom. The highest BCUT2D eigenvalue weighted by molar-refractivity contribution is 6.35. The van der Waals surface area contributed by atoms with Gasteiger partial charge in [-0.15, -0.1) is 0 Å². The summed E-state index contributed by atoms with van der Waals surface area (Å²) in [4.78, 5) is 2.55. The van der Waals surface area contributed by atoms with Gasteiger partial charge in [-0.1, -0.05) is 53.0 Å². The minimum absolute atomic E-state index is 0.495. The molecule has 144 valence electrons. The molecule has 27 heavy (non-hydrogen) atoms. The molecule has 0 aliphatic carbocycles. The molecular formula is C22H26Cl2N2O. The van der Waals surface area contributed by atoms with E-state index in [2.05, 4.69) is 41.4 Å². The zero-order valence-electron chi connectivity index (χ0n) is 15.7. The second-order valence-corrected chi connectivity index (χ2v) is 8.62. The van der Waals surface area contributed by atoms with E-state index in [1.165, 1.54) is 31.5 Å². The second-order valence-electron chi connectivity index (χ2n) is 7.78. The van der Waals surface area contributed by atoms with Gasteiger partial charge in [0.05, 0.1) is 5.02 Å². The SMILES string of the molecule is Cc1ccc(COc2c(Cl)cc(Cl)cc2CNC2CN3CCC2CC3)cc1. The van der Waals surface area contributed by atoms with Crippen LogP contribution < -0.4 is 10.1 Å². The lowest BCUT2D eigenvalue weighted by atomic mass is 9.84. The number of ether oxygens (including phenoxy) is 1. The van der Waals surface area contributed by atoms with Crippen molar-refractivity contribution in [1.29, 1.82) is 0 Å². The molecule has 5 rings (SSSR count). The number of hydrogen-bond acceptors (Lipinski definition) is 3. The lowest BCUT2D eigenvalue weighted by Crippen LogP contribution is -2.55. The maximum atomic E-state index is 6.47. The van der Waals surface area contributed by atoms with Crippen molar-refractivity contribution >= 4 is 23.2 Å². The van der Waals surface area contributed by atoms with E-state index in [0.29, 0.717) is 22.7 Å². The van der Waals surface area contributed by atoms with Crippen molar-refractivity contribution in [2.45, 2.75) is 39.0 Å². The van der Waals surface area contributed by atoms with E-state index >= 15 is 0 Å². The summed E-state index contributed by atoms with van der Waals surface area (Å²) < 4.78 is 6.11. The van der Waals surface area contributed by atoms with Crippen LogP contribution in [0.3, 0.4) is 0 Å². The largest absolute Gasteiger partial charge is 0.487 e. The van der Waals surface area contributed by atoms with E-state index in [-0.39, 0.29) is 0 Å². The Kier molecular flexibility index (Phi) is 5.93. The molecular weight excluding hydrogens is 379 g/mol. The molecule has 3 aliphatic rings. The number of rotatable bonds is 6. The average Bonchev–Trinajstić information content (AvgIpc) is 2.68. The Labute approximate surface area is 171 Å². The van der Waals surface area contributed by atoms with Crippen LogP contribution in [0.15, 0.2) is 36.4 Å². The fourth-order valence-corrected chi connectivity index (χ4v) is 4.77. The number of hydrogen-bond donors (Lipinski definition) is 1. The lowest BCUT2D eigenvalue weighted by molar-refractivity contribution is 0.0718. The maximum absolute atomic E-state index is 6.47. The molecule has 0 aromatic heterocycles. The summed E-state index contributed by atoms with van der Waals surface area (Å²) in [6, 6.07) is 12.6. The first-order valence-corrected chi connectivity index (χ1v) is 10.5. The topological polar surface area (TPSA) is 24.5 Å². The van der Waals surface area contributed by atoms with Crippen LogP contribution in [0.2, 0.25) is 10.0 Å². The summed E-state index contributed by atoms with van der Waals surface area (Å²) in [5.74, 6) is 1.51. The molecule has 1 N–H and O–H groups in total. The third kappa shape index (κ3) is 4.60. The molecule has 0 saturated carbocycles. The summed E-state index contributed by atoms with van der Waals surface area (Å²) in [7, 11) is 0. The fourth-order valence-electron chi connectivity index (χ4n) is 4.18. The standard InChI is InChI=1S/C22H26Cl2N2O/c1-15-2-4-16(5-3-15)14-27-22-18(10-19(23)11-20(22)24)12-25-21-13-26-8-6-17(21)7-9-26/h2-5,10-11,17,21,25H,6-9,12-14H2,1H3. The van der Waals surface area contributed by atoms with Gasteiger partial charge in [0.1, 0.15) is 12.4 Å². The normalized spacial score (nSPS) is 24.2. The number of aryl methyl sites for hydroxylation is 1. The first-order chi connectivity index (χ1) is 13.1. The average molecular weight is 405 g/mol. The highest BCUT2D eigenvalue weighted by atomic mass is 35.5. The van der Waals surface area contributed by atoms with Crippen LogP contribution in [0.4, 0.5) is 0 Å². The van der Waals surface area contributed by atoms with Gasteiger partial charge in [-0.05, 0) is 56.5 Å². The number of nitrogens with one attached hydrogen (secondary N) is 1. The van der Waals surface area contributed by atoms with Crippen LogP contribution >= 0.6 is 23.2 Å². The number of halogens is 2. The second kappa shape index (κ2) is 8.40.